The second kappa shape index (κ2) is 12.5. The molecule has 0 fully saturated rings. The average Bonchev–Trinajstić information content (AvgIpc) is 3.02. The van der Waals surface area contributed by atoms with Gasteiger partial charge in [0.15, 0.2) is 0 Å². The molecule has 0 unspecified atom stereocenters. The maximum Gasteiger partial charge on any atom is 0.253 e. The van der Waals surface area contributed by atoms with E-state index in [0.717, 1.165) is 53.6 Å². The third-order valence-corrected chi connectivity index (χ3v) is 7.56. The minimum absolute atomic E-state index is 0.149. The standard InChI is InChI=1S/C34H33N7O2/c1-22-10-5-15-27-30(22)40-32-24(12-7-17-29(32)38-27)34(43)36-19-9-21-41(2)20-8-18-35-33(42)23-11-6-16-28-31(23)39-26-14-4-3-13-25(26)37-28/h3-7,10-17H,8-9,18-21H2,1-2H3,(H,35,42)(H,36,43). The van der Waals surface area contributed by atoms with Crippen molar-refractivity contribution in [3.63, 3.8) is 0 Å². The Morgan fingerprint density at radius 2 is 1.05 bits per heavy atom. The molecule has 0 spiro atoms. The maximum absolute atomic E-state index is 13.0. The number of para-hydroxylation sites is 5. The number of nitrogens with one attached hydrogen (secondary N) is 2. The number of amides is 2. The van der Waals surface area contributed by atoms with E-state index in [1.807, 2.05) is 80.7 Å². The summed E-state index contributed by atoms with van der Waals surface area (Å²) in [5.74, 6) is -0.300. The quantitative estimate of drug-likeness (QED) is 0.175. The first-order valence-corrected chi connectivity index (χ1v) is 14.5. The van der Waals surface area contributed by atoms with Gasteiger partial charge in [-0.3, -0.25) is 9.59 Å². The number of hydrogen-bond acceptors (Lipinski definition) is 7. The molecule has 2 heterocycles. The summed E-state index contributed by atoms with van der Waals surface area (Å²) < 4.78 is 0. The summed E-state index contributed by atoms with van der Waals surface area (Å²) in [5.41, 5.74) is 7.93. The van der Waals surface area contributed by atoms with Gasteiger partial charge >= 0.3 is 0 Å². The summed E-state index contributed by atoms with van der Waals surface area (Å²) in [5, 5.41) is 6.06. The van der Waals surface area contributed by atoms with Gasteiger partial charge in [0.2, 0.25) is 0 Å². The fourth-order valence-electron chi connectivity index (χ4n) is 5.27. The zero-order valence-corrected chi connectivity index (χ0v) is 24.3. The Bertz CT molecular complexity index is 1970. The van der Waals surface area contributed by atoms with Crippen LogP contribution in [0.4, 0.5) is 0 Å². The van der Waals surface area contributed by atoms with Crippen molar-refractivity contribution in [2.24, 2.45) is 0 Å². The highest BCUT2D eigenvalue weighted by Gasteiger charge is 2.15. The normalized spacial score (nSPS) is 11.5. The topological polar surface area (TPSA) is 113 Å². The molecule has 216 valence electrons. The molecule has 0 saturated carbocycles. The predicted octanol–water partition coefficient (Wildman–Crippen LogP) is 5.06. The van der Waals surface area contributed by atoms with Gasteiger partial charge in [-0.25, -0.2) is 19.9 Å². The van der Waals surface area contributed by atoms with E-state index in [1.54, 1.807) is 12.1 Å². The summed E-state index contributed by atoms with van der Waals surface area (Å²) in [7, 11) is 2.04. The molecule has 0 atom stereocenters. The smallest absolute Gasteiger partial charge is 0.253 e. The van der Waals surface area contributed by atoms with Crippen LogP contribution in [-0.4, -0.2) is 69.9 Å². The Kier molecular flexibility index (Phi) is 8.15. The number of fused-ring (bicyclic) bond motifs is 4. The molecule has 0 saturated heterocycles. The van der Waals surface area contributed by atoms with Gasteiger partial charge in [-0.1, -0.05) is 36.4 Å². The number of nitrogens with zero attached hydrogens (tertiary/aromatic N) is 5. The molecule has 4 aromatic carbocycles. The first-order chi connectivity index (χ1) is 21.0. The second-order valence-electron chi connectivity index (χ2n) is 10.7. The molecule has 2 amide bonds. The van der Waals surface area contributed by atoms with E-state index in [9.17, 15) is 9.59 Å². The van der Waals surface area contributed by atoms with Gasteiger partial charge in [-0.2, -0.15) is 0 Å². The van der Waals surface area contributed by atoms with Crippen LogP contribution in [0.25, 0.3) is 44.1 Å². The molecule has 43 heavy (non-hydrogen) atoms. The zero-order chi connectivity index (χ0) is 29.8. The van der Waals surface area contributed by atoms with Crippen molar-refractivity contribution in [2.75, 3.05) is 33.2 Å². The third-order valence-electron chi connectivity index (χ3n) is 7.56. The van der Waals surface area contributed by atoms with E-state index < -0.39 is 0 Å². The molecule has 9 heteroatoms. The molecule has 6 aromatic rings. The van der Waals surface area contributed by atoms with E-state index >= 15 is 0 Å². The Hall–Kier alpha value is -5.02. The van der Waals surface area contributed by atoms with E-state index in [4.69, 9.17) is 15.0 Å². The van der Waals surface area contributed by atoms with Gasteiger partial charge in [0.25, 0.3) is 11.8 Å². The molecule has 0 aliphatic heterocycles. The first-order valence-electron chi connectivity index (χ1n) is 14.5. The van der Waals surface area contributed by atoms with E-state index in [-0.39, 0.29) is 11.8 Å². The molecule has 0 aliphatic rings. The Labute approximate surface area is 249 Å². The number of rotatable bonds is 10. The Morgan fingerprint density at radius 3 is 1.65 bits per heavy atom. The lowest BCUT2D eigenvalue weighted by molar-refractivity contribution is 0.0947. The van der Waals surface area contributed by atoms with Crippen LogP contribution in [0.3, 0.4) is 0 Å². The summed E-state index contributed by atoms with van der Waals surface area (Å²) in [6.45, 7) is 4.73. The van der Waals surface area contributed by atoms with Crippen molar-refractivity contribution in [2.45, 2.75) is 19.8 Å². The molecule has 6 rings (SSSR count). The minimum Gasteiger partial charge on any atom is -0.352 e. The van der Waals surface area contributed by atoms with E-state index in [1.165, 1.54) is 0 Å². The highest BCUT2D eigenvalue weighted by molar-refractivity contribution is 6.07. The number of carbonyl (C=O) groups is 2. The Morgan fingerprint density at radius 1 is 0.581 bits per heavy atom. The van der Waals surface area contributed by atoms with Gasteiger partial charge in [0.05, 0.1) is 44.2 Å². The van der Waals surface area contributed by atoms with Gasteiger partial charge in [-0.05, 0) is 87.9 Å². The molecule has 0 bridgehead atoms. The summed E-state index contributed by atoms with van der Waals surface area (Å²) in [6, 6.07) is 24.6. The molecule has 9 nitrogen and oxygen atoms in total. The van der Waals surface area contributed by atoms with Crippen LogP contribution in [0.15, 0.2) is 78.9 Å². The van der Waals surface area contributed by atoms with Crippen LogP contribution in [0, 0.1) is 6.92 Å². The van der Waals surface area contributed by atoms with Gasteiger partial charge in [0.1, 0.15) is 11.0 Å². The molecular weight excluding hydrogens is 538 g/mol. The second-order valence-corrected chi connectivity index (χ2v) is 10.7. The largest absolute Gasteiger partial charge is 0.352 e. The van der Waals surface area contributed by atoms with Crippen LogP contribution in [0.1, 0.15) is 39.1 Å². The molecule has 0 aliphatic carbocycles. The lowest BCUT2D eigenvalue weighted by Gasteiger charge is -2.17. The van der Waals surface area contributed by atoms with Crippen molar-refractivity contribution in [1.29, 1.82) is 0 Å². The SMILES string of the molecule is Cc1cccc2nc3cccc(C(=O)NCCCN(C)CCCNC(=O)c4cccc5nc6ccccc6nc45)c3nc12. The third kappa shape index (κ3) is 6.12. The van der Waals surface area contributed by atoms with Gasteiger partial charge in [-0.15, -0.1) is 0 Å². The summed E-state index contributed by atoms with van der Waals surface area (Å²) >= 11 is 0. The number of carbonyl (C=O) groups excluding carboxylic acids is 2. The molecule has 2 N–H and O–H groups in total. The molecule has 2 aromatic heterocycles. The highest BCUT2D eigenvalue weighted by atomic mass is 16.2. The summed E-state index contributed by atoms with van der Waals surface area (Å²) in [6.07, 6.45) is 1.60. The monoisotopic (exact) mass is 571 g/mol. The van der Waals surface area contributed by atoms with Crippen molar-refractivity contribution in [1.82, 2.24) is 35.5 Å². The van der Waals surface area contributed by atoms with Crippen molar-refractivity contribution in [3.05, 3.63) is 95.6 Å². The molecule has 0 radical (unpaired) electrons. The van der Waals surface area contributed by atoms with E-state index in [0.29, 0.717) is 46.3 Å². The van der Waals surface area contributed by atoms with Crippen LogP contribution < -0.4 is 10.6 Å². The Balaban J connectivity index is 0.964. The van der Waals surface area contributed by atoms with Crippen molar-refractivity contribution < 1.29 is 9.59 Å². The first kappa shape index (κ1) is 28.1. The minimum atomic E-state index is -0.151. The van der Waals surface area contributed by atoms with Crippen LogP contribution in [0.2, 0.25) is 0 Å². The molecular formula is C34H33N7O2. The van der Waals surface area contributed by atoms with Gasteiger partial charge in [0, 0.05) is 13.1 Å². The van der Waals surface area contributed by atoms with Crippen LogP contribution >= 0.6 is 0 Å². The highest BCUT2D eigenvalue weighted by Crippen LogP contribution is 2.22. The van der Waals surface area contributed by atoms with Crippen LogP contribution in [-0.2, 0) is 0 Å². The maximum atomic E-state index is 13.0. The van der Waals surface area contributed by atoms with E-state index in [2.05, 4.69) is 20.5 Å². The fraction of sp³-hybridized carbons (Fsp3) is 0.235. The summed E-state index contributed by atoms with van der Waals surface area (Å²) in [4.78, 5) is 47.0. The van der Waals surface area contributed by atoms with Gasteiger partial charge < -0.3 is 15.5 Å². The van der Waals surface area contributed by atoms with Crippen LogP contribution in [0.5, 0.6) is 0 Å². The zero-order valence-electron chi connectivity index (χ0n) is 24.3. The average molecular weight is 572 g/mol. The van der Waals surface area contributed by atoms with Crippen molar-refractivity contribution in [3.8, 4) is 0 Å². The lowest BCUT2D eigenvalue weighted by Crippen LogP contribution is -2.31. The lowest BCUT2D eigenvalue weighted by atomic mass is 10.1. The predicted molar refractivity (Wildman–Crippen MR) is 170 cm³/mol. The number of hydrogen-bond donors (Lipinski definition) is 2. The number of aryl methyl sites for hydroxylation is 1. The van der Waals surface area contributed by atoms with Crippen molar-refractivity contribution >= 4 is 55.9 Å². The number of aromatic nitrogens is 4. The fourth-order valence-corrected chi connectivity index (χ4v) is 5.27. The number of benzene rings is 4.